The molecule has 0 aliphatic heterocycles. The fourth-order valence-corrected chi connectivity index (χ4v) is 3.74. The van der Waals surface area contributed by atoms with Crippen molar-refractivity contribution >= 4 is 28.2 Å². The number of esters is 1. The van der Waals surface area contributed by atoms with Crippen LogP contribution in [-0.2, 0) is 4.74 Å². The van der Waals surface area contributed by atoms with Gasteiger partial charge in [-0.1, -0.05) is 30.3 Å². The standard InChI is InChI=1S/C22H21NO4S/c1-4-26-22(25)19-14(2)15(3)28-21(19)23-20(24)17-12-8-9-13-18(17)27-16-10-6-5-7-11-16/h5-13H,4H2,1-3H3,(H,23,24). The minimum Gasteiger partial charge on any atom is -0.462 e. The van der Waals surface area contributed by atoms with Gasteiger partial charge in [-0.05, 0) is 50.6 Å². The van der Waals surface area contributed by atoms with Gasteiger partial charge in [0.15, 0.2) is 0 Å². The Bertz CT molecular complexity index is 995. The van der Waals surface area contributed by atoms with E-state index in [0.717, 1.165) is 10.4 Å². The van der Waals surface area contributed by atoms with Gasteiger partial charge in [0.25, 0.3) is 5.91 Å². The molecule has 0 bridgehead atoms. The van der Waals surface area contributed by atoms with Crippen LogP contribution in [-0.4, -0.2) is 18.5 Å². The van der Waals surface area contributed by atoms with Gasteiger partial charge in [0.1, 0.15) is 16.5 Å². The van der Waals surface area contributed by atoms with Crippen LogP contribution in [0.3, 0.4) is 0 Å². The molecule has 6 heteroatoms. The highest BCUT2D eigenvalue weighted by Crippen LogP contribution is 2.34. The molecule has 0 unspecified atom stereocenters. The number of carbonyl (C=O) groups is 2. The molecule has 0 saturated carbocycles. The molecule has 0 spiro atoms. The number of ether oxygens (including phenoxy) is 2. The van der Waals surface area contributed by atoms with Crippen molar-refractivity contribution in [3.8, 4) is 11.5 Å². The number of anilines is 1. The maximum absolute atomic E-state index is 12.9. The first-order valence-corrected chi connectivity index (χ1v) is 9.73. The second-order valence-corrected chi connectivity index (χ2v) is 7.30. The fraction of sp³-hybridized carbons (Fsp3) is 0.182. The molecule has 0 aliphatic rings. The van der Waals surface area contributed by atoms with Crippen LogP contribution in [0.15, 0.2) is 54.6 Å². The monoisotopic (exact) mass is 395 g/mol. The summed E-state index contributed by atoms with van der Waals surface area (Å²) in [4.78, 5) is 26.2. The lowest BCUT2D eigenvalue weighted by molar-refractivity contribution is 0.0527. The summed E-state index contributed by atoms with van der Waals surface area (Å²) in [6.45, 7) is 5.78. The molecular formula is C22H21NO4S. The van der Waals surface area contributed by atoms with Gasteiger partial charge in [-0.2, -0.15) is 0 Å². The van der Waals surface area contributed by atoms with Crippen LogP contribution in [0.5, 0.6) is 11.5 Å². The number of hydrogen-bond acceptors (Lipinski definition) is 5. The van der Waals surface area contributed by atoms with Crippen LogP contribution >= 0.6 is 11.3 Å². The van der Waals surface area contributed by atoms with E-state index in [2.05, 4.69) is 5.32 Å². The summed E-state index contributed by atoms with van der Waals surface area (Å²) in [5, 5.41) is 3.33. The van der Waals surface area contributed by atoms with Crippen molar-refractivity contribution in [3.05, 3.63) is 76.2 Å². The zero-order valence-electron chi connectivity index (χ0n) is 15.9. The Labute approximate surface area is 167 Å². The Morgan fingerprint density at radius 2 is 1.68 bits per heavy atom. The zero-order valence-corrected chi connectivity index (χ0v) is 16.8. The van der Waals surface area contributed by atoms with Crippen molar-refractivity contribution in [1.82, 2.24) is 0 Å². The topological polar surface area (TPSA) is 64.6 Å². The van der Waals surface area contributed by atoms with Crippen molar-refractivity contribution in [2.45, 2.75) is 20.8 Å². The number of carbonyl (C=O) groups excluding carboxylic acids is 2. The number of benzene rings is 2. The number of amides is 1. The Morgan fingerprint density at radius 1 is 1.00 bits per heavy atom. The van der Waals surface area contributed by atoms with Crippen molar-refractivity contribution in [2.24, 2.45) is 0 Å². The van der Waals surface area contributed by atoms with E-state index in [1.807, 2.05) is 44.2 Å². The van der Waals surface area contributed by atoms with E-state index in [1.54, 1.807) is 31.2 Å². The number of rotatable bonds is 6. The summed E-state index contributed by atoms with van der Waals surface area (Å²) < 4.78 is 11.0. The highest BCUT2D eigenvalue weighted by molar-refractivity contribution is 7.16. The van der Waals surface area contributed by atoms with Gasteiger partial charge in [0.2, 0.25) is 0 Å². The Hall–Kier alpha value is -3.12. The lowest BCUT2D eigenvalue weighted by Gasteiger charge is -2.11. The maximum atomic E-state index is 12.9. The van der Waals surface area contributed by atoms with Gasteiger partial charge < -0.3 is 14.8 Å². The molecule has 0 radical (unpaired) electrons. The minimum absolute atomic E-state index is 0.272. The Kier molecular flexibility index (Phi) is 6.11. The normalized spacial score (nSPS) is 10.4. The maximum Gasteiger partial charge on any atom is 0.341 e. The van der Waals surface area contributed by atoms with E-state index >= 15 is 0 Å². The van der Waals surface area contributed by atoms with Crippen LogP contribution in [0.2, 0.25) is 0 Å². The first-order valence-electron chi connectivity index (χ1n) is 8.91. The second kappa shape index (κ2) is 8.71. The van der Waals surface area contributed by atoms with Crippen LogP contribution in [0.1, 0.15) is 38.1 Å². The largest absolute Gasteiger partial charge is 0.462 e. The van der Waals surface area contributed by atoms with Crippen LogP contribution < -0.4 is 10.1 Å². The summed E-state index contributed by atoms with van der Waals surface area (Å²) >= 11 is 1.35. The Balaban J connectivity index is 1.89. The molecule has 3 aromatic rings. The van der Waals surface area contributed by atoms with E-state index < -0.39 is 5.97 Å². The smallest absolute Gasteiger partial charge is 0.341 e. The lowest BCUT2D eigenvalue weighted by Crippen LogP contribution is -2.15. The van der Waals surface area contributed by atoms with Gasteiger partial charge in [-0.3, -0.25) is 4.79 Å². The first kappa shape index (κ1) is 19.6. The summed E-state index contributed by atoms with van der Waals surface area (Å²) in [5.41, 5.74) is 1.59. The average Bonchev–Trinajstić information content (AvgIpc) is 2.96. The van der Waals surface area contributed by atoms with E-state index in [1.165, 1.54) is 11.3 Å². The average molecular weight is 395 g/mol. The second-order valence-electron chi connectivity index (χ2n) is 6.07. The zero-order chi connectivity index (χ0) is 20.1. The molecule has 2 aromatic carbocycles. The minimum atomic E-state index is -0.437. The molecule has 28 heavy (non-hydrogen) atoms. The van der Waals surface area contributed by atoms with Crippen molar-refractivity contribution < 1.29 is 19.1 Å². The molecule has 0 fully saturated rings. The van der Waals surface area contributed by atoms with Gasteiger partial charge in [-0.15, -0.1) is 11.3 Å². The fourth-order valence-electron chi connectivity index (χ4n) is 2.69. The van der Waals surface area contributed by atoms with Crippen LogP contribution in [0.25, 0.3) is 0 Å². The highest BCUT2D eigenvalue weighted by Gasteiger charge is 2.23. The van der Waals surface area contributed by atoms with Crippen molar-refractivity contribution in [3.63, 3.8) is 0 Å². The quantitative estimate of drug-likeness (QED) is 0.553. The van der Waals surface area contributed by atoms with E-state index in [-0.39, 0.29) is 12.5 Å². The number of thiophene rings is 1. The molecule has 1 aromatic heterocycles. The predicted octanol–water partition coefficient (Wildman–Crippen LogP) is 5.59. The number of para-hydroxylation sites is 2. The van der Waals surface area contributed by atoms with Crippen LogP contribution in [0, 0.1) is 13.8 Å². The van der Waals surface area contributed by atoms with Gasteiger partial charge >= 0.3 is 5.97 Å². The molecule has 0 saturated heterocycles. The molecule has 1 N–H and O–H groups in total. The molecule has 144 valence electrons. The number of aryl methyl sites for hydroxylation is 1. The molecule has 0 aliphatic carbocycles. The summed E-state index contributed by atoms with van der Waals surface area (Å²) in [6.07, 6.45) is 0. The highest BCUT2D eigenvalue weighted by atomic mass is 32.1. The van der Waals surface area contributed by atoms with E-state index in [9.17, 15) is 9.59 Å². The number of nitrogens with one attached hydrogen (secondary N) is 1. The SMILES string of the molecule is CCOC(=O)c1c(NC(=O)c2ccccc2Oc2ccccc2)sc(C)c1C. The lowest BCUT2D eigenvalue weighted by atomic mass is 10.1. The predicted molar refractivity (Wildman–Crippen MR) is 111 cm³/mol. The van der Waals surface area contributed by atoms with Crippen molar-refractivity contribution in [1.29, 1.82) is 0 Å². The van der Waals surface area contributed by atoms with Gasteiger partial charge in [0.05, 0.1) is 17.7 Å². The van der Waals surface area contributed by atoms with E-state index in [4.69, 9.17) is 9.47 Å². The number of hydrogen-bond donors (Lipinski definition) is 1. The summed E-state index contributed by atoms with van der Waals surface area (Å²) in [6, 6.07) is 16.2. The third-order valence-electron chi connectivity index (χ3n) is 4.19. The molecule has 5 nitrogen and oxygen atoms in total. The van der Waals surface area contributed by atoms with Gasteiger partial charge in [-0.25, -0.2) is 4.79 Å². The molecule has 1 heterocycles. The summed E-state index contributed by atoms with van der Waals surface area (Å²) in [7, 11) is 0. The molecule has 3 rings (SSSR count). The van der Waals surface area contributed by atoms with Crippen LogP contribution in [0.4, 0.5) is 5.00 Å². The third kappa shape index (κ3) is 4.23. The Morgan fingerprint density at radius 3 is 2.39 bits per heavy atom. The van der Waals surface area contributed by atoms with Crippen molar-refractivity contribution in [2.75, 3.05) is 11.9 Å². The molecular weight excluding hydrogens is 374 g/mol. The molecule has 1 amide bonds. The summed E-state index contributed by atoms with van der Waals surface area (Å²) in [5.74, 6) is 0.290. The van der Waals surface area contributed by atoms with Gasteiger partial charge in [0, 0.05) is 4.88 Å². The third-order valence-corrected chi connectivity index (χ3v) is 5.32. The van der Waals surface area contributed by atoms with E-state index in [0.29, 0.717) is 27.6 Å². The first-order chi connectivity index (χ1) is 13.5. The molecule has 0 atom stereocenters.